The summed E-state index contributed by atoms with van der Waals surface area (Å²) in [6, 6.07) is 48.2. The molecule has 0 spiro atoms. The van der Waals surface area contributed by atoms with Gasteiger partial charge in [-0.2, -0.15) is 5.10 Å². The lowest BCUT2D eigenvalue weighted by Crippen LogP contribution is -2.18. The largest absolute Gasteiger partial charge is 0.436 e. The third-order valence-corrected chi connectivity index (χ3v) is 7.55. The number of oxazole rings is 1. The third-order valence-electron chi connectivity index (χ3n) is 7.55. The van der Waals surface area contributed by atoms with E-state index in [1.165, 1.54) is 11.1 Å². The quantitative estimate of drug-likeness (QED) is 0.188. The molecule has 0 radical (unpaired) electrons. The van der Waals surface area contributed by atoms with Gasteiger partial charge in [-0.25, -0.2) is 4.98 Å². The van der Waals surface area contributed by atoms with E-state index in [9.17, 15) is 0 Å². The fourth-order valence-electron chi connectivity index (χ4n) is 5.30. The second-order valence-corrected chi connectivity index (χ2v) is 10.3. The number of aromatic nitrogens is 1. The van der Waals surface area contributed by atoms with Crippen LogP contribution in [0.15, 0.2) is 155 Å². The van der Waals surface area contributed by atoms with Crippen LogP contribution in [0.2, 0.25) is 0 Å². The molecule has 5 aromatic carbocycles. The molecule has 4 nitrogen and oxygen atoms in total. The minimum Gasteiger partial charge on any atom is -0.436 e. The van der Waals surface area contributed by atoms with Gasteiger partial charge in [-0.05, 0) is 46.5 Å². The molecule has 4 heteroatoms. The first kappa shape index (κ1) is 25.5. The first-order valence-corrected chi connectivity index (χ1v) is 14.2. The monoisotopic (exact) mass is 543 g/mol. The molecule has 0 N–H and O–H groups in total. The number of hydrazone groups is 1. The maximum atomic E-state index is 6.00. The highest BCUT2D eigenvalue weighted by Gasteiger charge is 2.29. The Kier molecular flexibility index (Phi) is 7.01. The highest BCUT2D eigenvalue weighted by Crippen LogP contribution is 2.37. The lowest BCUT2D eigenvalue weighted by Gasteiger charge is -2.24. The fraction of sp³-hybridized carbons (Fsp3) is 0.0526. The summed E-state index contributed by atoms with van der Waals surface area (Å²) in [4.78, 5) is 4.48. The number of hydrogen-bond acceptors (Lipinski definition) is 4. The Morgan fingerprint density at radius 2 is 1.17 bits per heavy atom. The van der Waals surface area contributed by atoms with Gasteiger partial charge in [-0.15, -0.1) is 0 Å². The first-order valence-electron chi connectivity index (χ1n) is 14.2. The SMILES string of the molecule is C(=C\c1ccc(N2N=C(c3ccccc3)C[C@H]2c2ccccc2)cc1)/c1ccc(-c2ncc(-c3ccccc3)o2)cc1. The van der Waals surface area contributed by atoms with Crippen LogP contribution in [0.25, 0.3) is 34.9 Å². The van der Waals surface area contributed by atoms with E-state index in [4.69, 9.17) is 9.52 Å². The lowest BCUT2D eigenvalue weighted by atomic mass is 9.98. The van der Waals surface area contributed by atoms with Gasteiger partial charge in [0.1, 0.15) is 0 Å². The lowest BCUT2D eigenvalue weighted by molar-refractivity contribution is 0.589. The Hall–Kier alpha value is -5.48. The van der Waals surface area contributed by atoms with Crippen molar-refractivity contribution < 1.29 is 4.42 Å². The maximum absolute atomic E-state index is 6.00. The molecule has 0 fully saturated rings. The van der Waals surface area contributed by atoms with Gasteiger partial charge < -0.3 is 4.42 Å². The second kappa shape index (κ2) is 11.6. The minimum absolute atomic E-state index is 0.161. The topological polar surface area (TPSA) is 41.6 Å². The van der Waals surface area contributed by atoms with E-state index in [2.05, 4.69) is 113 Å². The Bertz CT molecular complexity index is 1820. The molecule has 0 saturated carbocycles. The van der Waals surface area contributed by atoms with Gasteiger partial charge in [0, 0.05) is 17.5 Å². The van der Waals surface area contributed by atoms with Crippen LogP contribution in [0.4, 0.5) is 5.69 Å². The molecule has 1 aromatic heterocycles. The Balaban J connectivity index is 1.07. The highest BCUT2D eigenvalue weighted by molar-refractivity contribution is 6.03. The molecular weight excluding hydrogens is 514 g/mol. The molecule has 42 heavy (non-hydrogen) atoms. The smallest absolute Gasteiger partial charge is 0.226 e. The molecular formula is C38H29N3O. The van der Waals surface area contributed by atoms with Crippen LogP contribution >= 0.6 is 0 Å². The van der Waals surface area contributed by atoms with Crippen molar-refractivity contribution in [2.45, 2.75) is 12.5 Å². The van der Waals surface area contributed by atoms with Crippen molar-refractivity contribution in [2.75, 3.05) is 5.01 Å². The van der Waals surface area contributed by atoms with Gasteiger partial charge in [0.2, 0.25) is 5.89 Å². The Morgan fingerprint density at radius 3 is 1.81 bits per heavy atom. The van der Waals surface area contributed by atoms with E-state index in [0.717, 1.165) is 45.8 Å². The van der Waals surface area contributed by atoms with E-state index in [-0.39, 0.29) is 6.04 Å². The first-order chi connectivity index (χ1) is 20.8. The predicted octanol–water partition coefficient (Wildman–Crippen LogP) is 9.53. The zero-order chi connectivity index (χ0) is 28.1. The Morgan fingerprint density at radius 1 is 0.595 bits per heavy atom. The van der Waals surface area contributed by atoms with Crippen molar-refractivity contribution in [3.8, 4) is 22.8 Å². The summed E-state index contributed by atoms with van der Waals surface area (Å²) in [5.74, 6) is 1.39. The standard InChI is InChI=1S/C38H29N3O/c1-4-10-30(11-5-1)35-26-36(31-12-6-2-7-13-31)41(40-35)34-24-20-29(21-25-34)17-16-28-18-22-33(23-19-28)38-39-27-37(42-38)32-14-8-3-9-15-32/h1-25,27,36H,26H2/b17-16+/t36-/m0/s1. The zero-order valence-corrected chi connectivity index (χ0v) is 23.0. The number of rotatable bonds is 7. The van der Waals surface area contributed by atoms with E-state index in [1.54, 1.807) is 6.20 Å². The summed E-state index contributed by atoms with van der Waals surface area (Å²) in [6.07, 6.45) is 6.90. The van der Waals surface area contributed by atoms with Crippen molar-refractivity contribution >= 4 is 23.6 Å². The predicted molar refractivity (Wildman–Crippen MR) is 172 cm³/mol. The van der Waals surface area contributed by atoms with Gasteiger partial charge in [-0.1, -0.05) is 127 Å². The molecule has 1 aliphatic rings. The summed E-state index contributed by atoms with van der Waals surface area (Å²) >= 11 is 0. The number of benzene rings is 5. The molecule has 202 valence electrons. The summed E-state index contributed by atoms with van der Waals surface area (Å²) in [6.45, 7) is 0. The van der Waals surface area contributed by atoms with Gasteiger partial charge in [0.05, 0.1) is 23.6 Å². The number of nitrogens with zero attached hydrogens (tertiary/aromatic N) is 3. The van der Waals surface area contributed by atoms with Crippen LogP contribution in [0.5, 0.6) is 0 Å². The van der Waals surface area contributed by atoms with E-state index in [0.29, 0.717) is 5.89 Å². The van der Waals surface area contributed by atoms with Crippen molar-refractivity contribution in [3.05, 3.63) is 168 Å². The van der Waals surface area contributed by atoms with Crippen LogP contribution in [0.1, 0.15) is 34.7 Å². The number of hydrogen-bond donors (Lipinski definition) is 0. The van der Waals surface area contributed by atoms with Crippen LogP contribution < -0.4 is 5.01 Å². The molecule has 6 aromatic rings. The molecule has 0 bridgehead atoms. The summed E-state index contributed by atoms with van der Waals surface area (Å²) in [5.41, 5.74) is 8.84. The van der Waals surface area contributed by atoms with Crippen LogP contribution in [0, 0.1) is 0 Å². The highest BCUT2D eigenvalue weighted by atomic mass is 16.4. The van der Waals surface area contributed by atoms with Crippen molar-refractivity contribution in [3.63, 3.8) is 0 Å². The van der Waals surface area contributed by atoms with Gasteiger partial charge >= 0.3 is 0 Å². The third kappa shape index (κ3) is 5.43. The molecule has 1 atom stereocenters. The van der Waals surface area contributed by atoms with E-state index >= 15 is 0 Å². The van der Waals surface area contributed by atoms with Crippen molar-refractivity contribution in [1.82, 2.24) is 4.98 Å². The van der Waals surface area contributed by atoms with Gasteiger partial charge in [0.25, 0.3) is 0 Å². The zero-order valence-electron chi connectivity index (χ0n) is 23.0. The van der Waals surface area contributed by atoms with Crippen LogP contribution in [0.3, 0.4) is 0 Å². The van der Waals surface area contributed by atoms with Crippen LogP contribution in [-0.2, 0) is 0 Å². The molecule has 0 saturated heterocycles. The summed E-state index contributed by atoms with van der Waals surface area (Å²) in [7, 11) is 0. The maximum Gasteiger partial charge on any atom is 0.226 e. The van der Waals surface area contributed by atoms with Gasteiger partial charge in [0.15, 0.2) is 5.76 Å². The van der Waals surface area contributed by atoms with Gasteiger partial charge in [-0.3, -0.25) is 5.01 Å². The minimum atomic E-state index is 0.161. The van der Waals surface area contributed by atoms with Crippen molar-refractivity contribution in [2.24, 2.45) is 5.10 Å². The summed E-state index contributed by atoms with van der Waals surface area (Å²) < 4.78 is 6.00. The number of anilines is 1. The molecule has 0 aliphatic carbocycles. The average molecular weight is 544 g/mol. The molecule has 1 aliphatic heterocycles. The Labute approximate surface area is 245 Å². The van der Waals surface area contributed by atoms with Crippen LogP contribution in [-0.4, -0.2) is 10.7 Å². The molecule has 0 amide bonds. The molecule has 2 heterocycles. The van der Waals surface area contributed by atoms with Crippen molar-refractivity contribution in [1.29, 1.82) is 0 Å². The summed E-state index contributed by atoms with van der Waals surface area (Å²) in [5, 5.41) is 7.24. The van der Waals surface area contributed by atoms with E-state index in [1.807, 2.05) is 48.5 Å². The normalized spacial score (nSPS) is 14.8. The fourth-order valence-corrected chi connectivity index (χ4v) is 5.30. The second-order valence-electron chi connectivity index (χ2n) is 10.3. The van der Waals surface area contributed by atoms with E-state index < -0.39 is 0 Å². The average Bonchev–Trinajstić information content (AvgIpc) is 3.75. The molecule has 0 unspecified atom stereocenters. The molecule has 7 rings (SSSR count).